The molecule has 1 heterocycles. The van der Waals surface area contributed by atoms with Gasteiger partial charge in [0, 0.05) is 5.56 Å². The molecule has 0 amide bonds. The third kappa shape index (κ3) is 0.407. The molecule has 0 bridgehead atoms. The summed E-state index contributed by atoms with van der Waals surface area (Å²) < 4.78 is 4.41. The Hall–Kier alpha value is -0.790. The fourth-order valence-corrected chi connectivity index (χ4v) is 0.230. The molecule has 1 aromatic rings. The number of hydrogen-bond donors (Lipinski definition) is 0. The average molecular weight is 82.1 g/mol. The van der Waals surface area contributed by atoms with E-state index >= 15 is 0 Å². The molecule has 1 rings (SSSR count). The number of nitrogens with zero attached hydrogens (tertiary/aromatic N) is 1. The summed E-state index contributed by atoms with van der Waals surface area (Å²) in [4.78, 5) is 0. The third-order valence-electron chi connectivity index (χ3n) is 0.504. The number of aromatic nitrogens is 1. The fraction of sp³-hybridized carbons (Fsp3) is 0.250. The molecule has 0 aromatic carbocycles. The maximum absolute atomic E-state index is 4.41. The topological polar surface area (TPSA) is 26.0 Å². The van der Waals surface area contributed by atoms with Crippen LogP contribution >= 0.6 is 0 Å². The largest absolute Gasteiger partial charge is 0.364 e. The molecule has 31 valence electrons. The van der Waals surface area contributed by atoms with Gasteiger partial charge in [0.05, 0.1) is 0 Å². The lowest BCUT2D eigenvalue weighted by Gasteiger charge is -1.58. The van der Waals surface area contributed by atoms with E-state index in [9.17, 15) is 0 Å². The monoisotopic (exact) mass is 82.0 g/mol. The summed E-state index contributed by atoms with van der Waals surface area (Å²) >= 11 is 0. The molecule has 2 heteroatoms. The Morgan fingerprint density at radius 1 is 2.00 bits per heavy atom. The Morgan fingerprint density at radius 3 is 3.00 bits per heavy atom. The Kier molecular flexibility index (Phi) is 0.638. The second-order valence-electron chi connectivity index (χ2n) is 1.11. The van der Waals surface area contributed by atoms with Crippen LogP contribution in [0.3, 0.4) is 0 Å². The summed E-state index contributed by atoms with van der Waals surface area (Å²) in [6, 6.07) is 0. The third-order valence-corrected chi connectivity index (χ3v) is 0.504. The molecule has 0 aliphatic carbocycles. The van der Waals surface area contributed by atoms with Crippen LogP contribution in [-0.2, 0) is 0 Å². The minimum Gasteiger partial charge on any atom is -0.364 e. The molecule has 0 fully saturated rings. The first-order valence-corrected chi connectivity index (χ1v) is 1.68. The maximum Gasteiger partial charge on any atom is 0.138 e. The summed E-state index contributed by atoms with van der Waals surface area (Å²) in [5.74, 6) is 0. The smallest absolute Gasteiger partial charge is 0.138 e. The van der Waals surface area contributed by atoms with Gasteiger partial charge < -0.3 is 4.52 Å². The van der Waals surface area contributed by atoms with Crippen LogP contribution < -0.4 is 0 Å². The van der Waals surface area contributed by atoms with Crippen LogP contribution in [0, 0.1) is 13.1 Å². The molecule has 0 aliphatic heterocycles. The quantitative estimate of drug-likeness (QED) is 0.462. The van der Waals surface area contributed by atoms with Crippen LogP contribution in [0.2, 0.25) is 0 Å². The van der Waals surface area contributed by atoms with Crippen molar-refractivity contribution in [2.45, 2.75) is 6.92 Å². The summed E-state index contributed by atoms with van der Waals surface area (Å²) in [6.07, 6.45) is 4.12. The van der Waals surface area contributed by atoms with Crippen molar-refractivity contribution in [3.63, 3.8) is 0 Å². The van der Waals surface area contributed by atoms with E-state index in [1.165, 1.54) is 0 Å². The predicted molar refractivity (Wildman–Crippen MR) is 20.1 cm³/mol. The molecule has 0 spiro atoms. The van der Waals surface area contributed by atoms with E-state index in [2.05, 4.69) is 15.9 Å². The Morgan fingerprint density at radius 2 is 2.83 bits per heavy atom. The van der Waals surface area contributed by atoms with Gasteiger partial charge in [0.15, 0.2) is 0 Å². The Bertz CT molecular complexity index is 111. The van der Waals surface area contributed by atoms with Crippen molar-refractivity contribution in [2.24, 2.45) is 0 Å². The second kappa shape index (κ2) is 1.12. The average Bonchev–Trinajstić information content (AvgIpc) is 1.86. The number of aryl methyl sites for hydroxylation is 1. The molecule has 0 unspecified atom stereocenters. The highest BCUT2D eigenvalue weighted by atomic mass is 16.5. The molecule has 0 aliphatic rings. The lowest BCUT2D eigenvalue weighted by atomic mass is 10.4. The molecular weight excluding hydrogens is 78.0 g/mol. The van der Waals surface area contributed by atoms with Crippen molar-refractivity contribution < 1.29 is 4.52 Å². The molecule has 1 radical (unpaired) electrons. The molecule has 0 atom stereocenters. The van der Waals surface area contributed by atoms with Gasteiger partial charge in [0.2, 0.25) is 0 Å². The van der Waals surface area contributed by atoms with E-state index in [1.807, 2.05) is 6.92 Å². The first-order valence-electron chi connectivity index (χ1n) is 1.68. The number of rotatable bonds is 0. The zero-order valence-corrected chi connectivity index (χ0v) is 3.43. The van der Waals surface area contributed by atoms with Crippen molar-refractivity contribution in [3.05, 3.63) is 18.0 Å². The highest BCUT2D eigenvalue weighted by Crippen LogP contribution is 1.87. The first kappa shape index (κ1) is 3.40. The molecular formula is C4H4NO. The van der Waals surface area contributed by atoms with Gasteiger partial charge in [-0.15, -0.1) is 0 Å². The second-order valence-corrected chi connectivity index (χ2v) is 1.11. The van der Waals surface area contributed by atoms with Crippen molar-refractivity contribution >= 4 is 0 Å². The highest BCUT2D eigenvalue weighted by Gasteiger charge is 1.79. The van der Waals surface area contributed by atoms with E-state index in [0.717, 1.165) is 5.56 Å². The summed E-state index contributed by atoms with van der Waals surface area (Å²) in [5, 5.41) is 3.32. The standard InChI is InChI=1S/C4H4NO/c1-4-2-5-6-3-4/h3H,1H3. The van der Waals surface area contributed by atoms with Crippen LogP contribution in [0.1, 0.15) is 5.56 Å². The zero-order valence-electron chi connectivity index (χ0n) is 3.43. The minimum atomic E-state index is 0.940. The lowest BCUT2D eigenvalue weighted by Crippen LogP contribution is -1.52. The number of hydrogen-bond acceptors (Lipinski definition) is 2. The normalized spacial score (nSPS) is 8.83. The van der Waals surface area contributed by atoms with Crippen molar-refractivity contribution in [3.8, 4) is 0 Å². The molecule has 0 saturated heterocycles. The molecule has 0 N–H and O–H groups in total. The van der Waals surface area contributed by atoms with Gasteiger partial charge in [0.25, 0.3) is 0 Å². The minimum absolute atomic E-state index is 0.940. The van der Waals surface area contributed by atoms with E-state index in [0.29, 0.717) is 0 Å². The van der Waals surface area contributed by atoms with E-state index < -0.39 is 0 Å². The lowest BCUT2D eigenvalue weighted by molar-refractivity contribution is 0.418. The van der Waals surface area contributed by atoms with Crippen molar-refractivity contribution in [1.29, 1.82) is 0 Å². The van der Waals surface area contributed by atoms with Gasteiger partial charge in [0.1, 0.15) is 12.5 Å². The Balaban J connectivity index is 3.05. The summed E-state index contributed by atoms with van der Waals surface area (Å²) in [5.41, 5.74) is 0.940. The maximum atomic E-state index is 4.41. The van der Waals surface area contributed by atoms with E-state index in [4.69, 9.17) is 0 Å². The van der Waals surface area contributed by atoms with Crippen molar-refractivity contribution in [1.82, 2.24) is 5.16 Å². The van der Waals surface area contributed by atoms with E-state index in [-0.39, 0.29) is 0 Å². The molecule has 0 saturated carbocycles. The fourth-order valence-electron chi connectivity index (χ4n) is 0.230. The predicted octanol–water partition coefficient (Wildman–Crippen LogP) is 0.783. The van der Waals surface area contributed by atoms with Crippen LogP contribution in [0.4, 0.5) is 0 Å². The van der Waals surface area contributed by atoms with Gasteiger partial charge in [-0.05, 0) is 6.92 Å². The summed E-state index contributed by atoms with van der Waals surface area (Å²) in [7, 11) is 0. The molecule has 1 aromatic heterocycles. The SMILES string of the molecule is Cc1[c]noc1. The van der Waals surface area contributed by atoms with Gasteiger partial charge in [-0.2, -0.15) is 0 Å². The van der Waals surface area contributed by atoms with Gasteiger partial charge in [-0.25, -0.2) is 0 Å². The van der Waals surface area contributed by atoms with Crippen molar-refractivity contribution in [2.75, 3.05) is 0 Å². The van der Waals surface area contributed by atoms with Gasteiger partial charge >= 0.3 is 0 Å². The van der Waals surface area contributed by atoms with Crippen LogP contribution in [-0.4, -0.2) is 5.16 Å². The molecule has 6 heavy (non-hydrogen) atoms. The Labute approximate surface area is 35.8 Å². The van der Waals surface area contributed by atoms with Gasteiger partial charge in [-0.3, -0.25) is 0 Å². The van der Waals surface area contributed by atoms with Crippen LogP contribution in [0.15, 0.2) is 10.8 Å². The van der Waals surface area contributed by atoms with Gasteiger partial charge in [-0.1, -0.05) is 5.16 Å². The molecule has 2 nitrogen and oxygen atoms in total. The highest BCUT2D eigenvalue weighted by molar-refractivity contribution is 4.92. The zero-order chi connectivity index (χ0) is 4.41. The van der Waals surface area contributed by atoms with Crippen LogP contribution in [0.5, 0.6) is 0 Å². The van der Waals surface area contributed by atoms with E-state index in [1.54, 1.807) is 6.26 Å². The summed E-state index contributed by atoms with van der Waals surface area (Å²) in [6.45, 7) is 1.87. The first-order chi connectivity index (χ1) is 2.89. The van der Waals surface area contributed by atoms with Crippen LogP contribution in [0.25, 0.3) is 0 Å².